The van der Waals surface area contributed by atoms with Crippen molar-refractivity contribution in [1.82, 2.24) is 4.98 Å². The van der Waals surface area contributed by atoms with Crippen molar-refractivity contribution < 1.29 is 9.59 Å². The molecule has 2 amide bonds. The third-order valence-electron chi connectivity index (χ3n) is 3.37. The second kappa shape index (κ2) is 5.18. The van der Waals surface area contributed by atoms with Gasteiger partial charge in [0.15, 0.2) is 0 Å². The summed E-state index contributed by atoms with van der Waals surface area (Å²) in [5.74, 6) is -0.559. The van der Waals surface area contributed by atoms with E-state index >= 15 is 0 Å². The SMILES string of the molecule is CN1C(=O)CC(=O)N(c2cccnc2)c2cc(Cl)ccc21. The molecule has 1 aromatic heterocycles. The van der Waals surface area contributed by atoms with Crippen LogP contribution in [0.25, 0.3) is 0 Å². The van der Waals surface area contributed by atoms with Crippen molar-refractivity contribution in [3.05, 3.63) is 47.7 Å². The van der Waals surface area contributed by atoms with Crippen LogP contribution in [0.1, 0.15) is 6.42 Å². The van der Waals surface area contributed by atoms with Crippen LogP contribution in [0.2, 0.25) is 5.02 Å². The third kappa shape index (κ3) is 2.36. The Morgan fingerprint density at radius 3 is 2.67 bits per heavy atom. The highest BCUT2D eigenvalue weighted by molar-refractivity contribution is 6.31. The summed E-state index contributed by atoms with van der Waals surface area (Å²) in [4.78, 5) is 31.5. The van der Waals surface area contributed by atoms with E-state index in [1.165, 1.54) is 9.80 Å². The number of amides is 2. The Labute approximate surface area is 126 Å². The second-order valence-corrected chi connectivity index (χ2v) is 5.14. The molecular formula is C15H12ClN3O2. The average molecular weight is 302 g/mol. The molecule has 0 atom stereocenters. The van der Waals surface area contributed by atoms with E-state index in [0.717, 1.165) is 0 Å². The molecule has 0 saturated heterocycles. The molecule has 0 radical (unpaired) electrons. The molecule has 1 aliphatic rings. The van der Waals surface area contributed by atoms with Crippen LogP contribution in [0, 0.1) is 0 Å². The van der Waals surface area contributed by atoms with Gasteiger partial charge in [0, 0.05) is 18.3 Å². The van der Waals surface area contributed by atoms with Gasteiger partial charge in [-0.05, 0) is 30.3 Å². The lowest BCUT2D eigenvalue weighted by Crippen LogP contribution is -2.28. The number of halogens is 1. The summed E-state index contributed by atoms with van der Waals surface area (Å²) in [6, 6.07) is 8.62. The first-order valence-electron chi connectivity index (χ1n) is 6.37. The third-order valence-corrected chi connectivity index (χ3v) is 3.60. The Morgan fingerprint density at radius 1 is 1.14 bits per heavy atom. The van der Waals surface area contributed by atoms with Gasteiger partial charge in [-0.1, -0.05) is 11.6 Å². The number of anilines is 3. The van der Waals surface area contributed by atoms with Gasteiger partial charge in [0.05, 0.1) is 23.3 Å². The highest BCUT2D eigenvalue weighted by Crippen LogP contribution is 2.38. The van der Waals surface area contributed by atoms with Crippen LogP contribution < -0.4 is 9.80 Å². The molecular weight excluding hydrogens is 290 g/mol. The number of aromatic nitrogens is 1. The summed E-state index contributed by atoms with van der Waals surface area (Å²) < 4.78 is 0. The summed E-state index contributed by atoms with van der Waals surface area (Å²) in [5, 5.41) is 0.498. The maximum atomic E-state index is 12.5. The van der Waals surface area contributed by atoms with Crippen LogP contribution in [0.15, 0.2) is 42.7 Å². The van der Waals surface area contributed by atoms with Crippen LogP contribution in [0.4, 0.5) is 17.1 Å². The predicted molar refractivity (Wildman–Crippen MR) is 80.9 cm³/mol. The molecule has 5 nitrogen and oxygen atoms in total. The number of pyridine rings is 1. The van der Waals surface area contributed by atoms with Crippen molar-refractivity contribution in [3.63, 3.8) is 0 Å². The molecule has 2 aromatic rings. The topological polar surface area (TPSA) is 53.5 Å². The largest absolute Gasteiger partial charge is 0.313 e. The molecule has 1 aromatic carbocycles. The van der Waals surface area contributed by atoms with E-state index in [-0.39, 0.29) is 18.2 Å². The second-order valence-electron chi connectivity index (χ2n) is 4.70. The number of fused-ring (bicyclic) bond motifs is 1. The number of carbonyl (C=O) groups excluding carboxylic acids is 2. The molecule has 0 spiro atoms. The average Bonchev–Trinajstić information content (AvgIpc) is 2.56. The Kier molecular flexibility index (Phi) is 3.35. The quantitative estimate of drug-likeness (QED) is 0.761. The number of hydrogen-bond donors (Lipinski definition) is 0. The zero-order valence-electron chi connectivity index (χ0n) is 11.3. The predicted octanol–water partition coefficient (Wildman–Crippen LogP) is 2.77. The van der Waals surface area contributed by atoms with Crippen molar-refractivity contribution in [3.8, 4) is 0 Å². The first-order valence-corrected chi connectivity index (χ1v) is 6.75. The highest BCUT2D eigenvalue weighted by Gasteiger charge is 2.30. The summed E-state index contributed by atoms with van der Waals surface area (Å²) in [6.45, 7) is 0. The fourth-order valence-corrected chi connectivity index (χ4v) is 2.49. The van der Waals surface area contributed by atoms with Crippen LogP contribution >= 0.6 is 11.6 Å². The van der Waals surface area contributed by atoms with E-state index in [1.807, 2.05) is 0 Å². The van der Waals surface area contributed by atoms with Gasteiger partial charge in [0.2, 0.25) is 11.8 Å². The van der Waals surface area contributed by atoms with E-state index in [9.17, 15) is 9.59 Å². The first-order chi connectivity index (χ1) is 10.1. The van der Waals surface area contributed by atoms with E-state index in [4.69, 9.17) is 11.6 Å². The standard InChI is InChI=1S/C15H12ClN3O2/c1-18-12-5-4-10(16)7-13(12)19(15(21)8-14(18)20)11-3-2-6-17-9-11/h2-7,9H,8H2,1H3. The van der Waals surface area contributed by atoms with Gasteiger partial charge in [-0.15, -0.1) is 0 Å². The summed E-state index contributed by atoms with van der Waals surface area (Å²) in [7, 11) is 1.65. The van der Waals surface area contributed by atoms with Crippen LogP contribution in [-0.2, 0) is 9.59 Å². The molecule has 0 saturated carbocycles. The monoisotopic (exact) mass is 301 g/mol. The Balaban J connectivity index is 2.24. The number of benzene rings is 1. The van der Waals surface area contributed by atoms with E-state index in [1.54, 1.807) is 49.8 Å². The molecule has 6 heteroatoms. The maximum absolute atomic E-state index is 12.5. The molecule has 3 rings (SSSR count). The number of nitrogens with zero attached hydrogens (tertiary/aromatic N) is 3. The van der Waals surface area contributed by atoms with Gasteiger partial charge >= 0.3 is 0 Å². The summed E-state index contributed by atoms with van der Waals surface area (Å²) >= 11 is 6.06. The lowest BCUT2D eigenvalue weighted by atomic mass is 10.2. The Bertz CT molecular complexity index is 718. The van der Waals surface area contributed by atoms with Gasteiger partial charge in [-0.2, -0.15) is 0 Å². The highest BCUT2D eigenvalue weighted by atomic mass is 35.5. The minimum absolute atomic E-state index is 0.197. The number of rotatable bonds is 1. The molecule has 21 heavy (non-hydrogen) atoms. The fraction of sp³-hybridized carbons (Fsp3) is 0.133. The van der Waals surface area contributed by atoms with Crippen molar-refractivity contribution in [1.29, 1.82) is 0 Å². The Hall–Kier alpha value is -2.40. The molecule has 0 N–H and O–H groups in total. The van der Waals surface area contributed by atoms with E-state index in [2.05, 4.69) is 4.98 Å². The van der Waals surface area contributed by atoms with Gasteiger partial charge in [-0.3, -0.25) is 19.5 Å². The van der Waals surface area contributed by atoms with Gasteiger partial charge in [0.1, 0.15) is 6.42 Å². The number of carbonyl (C=O) groups is 2. The molecule has 106 valence electrons. The molecule has 1 aliphatic heterocycles. The van der Waals surface area contributed by atoms with Gasteiger partial charge in [0.25, 0.3) is 0 Å². The minimum Gasteiger partial charge on any atom is -0.313 e. The molecule has 0 unspecified atom stereocenters. The lowest BCUT2D eigenvalue weighted by molar-refractivity contribution is -0.125. The van der Waals surface area contributed by atoms with Gasteiger partial charge < -0.3 is 4.90 Å². The zero-order valence-corrected chi connectivity index (χ0v) is 12.0. The Morgan fingerprint density at radius 2 is 1.95 bits per heavy atom. The minimum atomic E-state index is -0.305. The van der Waals surface area contributed by atoms with Crippen LogP contribution in [0.5, 0.6) is 0 Å². The van der Waals surface area contributed by atoms with Gasteiger partial charge in [-0.25, -0.2) is 0 Å². The van der Waals surface area contributed by atoms with E-state index < -0.39 is 0 Å². The molecule has 0 fully saturated rings. The number of hydrogen-bond acceptors (Lipinski definition) is 3. The summed E-state index contributed by atoms with van der Waals surface area (Å²) in [6.07, 6.45) is 3.01. The van der Waals surface area contributed by atoms with Crippen molar-refractivity contribution >= 4 is 40.5 Å². The maximum Gasteiger partial charge on any atom is 0.241 e. The zero-order chi connectivity index (χ0) is 15.0. The smallest absolute Gasteiger partial charge is 0.241 e. The van der Waals surface area contributed by atoms with Crippen molar-refractivity contribution in [2.45, 2.75) is 6.42 Å². The fourth-order valence-electron chi connectivity index (χ4n) is 2.32. The van der Waals surface area contributed by atoms with Crippen molar-refractivity contribution in [2.75, 3.05) is 16.8 Å². The van der Waals surface area contributed by atoms with Crippen LogP contribution in [-0.4, -0.2) is 23.8 Å². The first kappa shape index (κ1) is 13.6. The normalized spacial score (nSPS) is 15.0. The van der Waals surface area contributed by atoms with Crippen molar-refractivity contribution in [2.24, 2.45) is 0 Å². The summed E-state index contributed by atoms with van der Waals surface area (Å²) in [5.41, 5.74) is 1.82. The molecule has 0 bridgehead atoms. The molecule has 0 aliphatic carbocycles. The van der Waals surface area contributed by atoms with Crippen LogP contribution in [0.3, 0.4) is 0 Å². The molecule has 2 heterocycles. The lowest BCUT2D eigenvalue weighted by Gasteiger charge is -2.23. The van der Waals surface area contributed by atoms with E-state index in [0.29, 0.717) is 22.1 Å².